The highest BCUT2D eigenvalue weighted by Crippen LogP contribution is 2.53. The van der Waals surface area contributed by atoms with E-state index in [-0.39, 0.29) is 12.5 Å². The number of phosphoric acid groups is 1. The summed E-state index contributed by atoms with van der Waals surface area (Å²) in [5.74, 6) is -0.648. The van der Waals surface area contributed by atoms with Crippen molar-refractivity contribution in [3.05, 3.63) is 0 Å². The fourth-order valence-electron chi connectivity index (χ4n) is 0.956. The van der Waals surface area contributed by atoms with E-state index in [0.717, 1.165) is 6.92 Å². The number of phosphoric ester groups is 1. The van der Waals surface area contributed by atoms with Crippen LogP contribution in [0.3, 0.4) is 0 Å². The molecular formula is C13H25O9P. The Morgan fingerprint density at radius 3 is 2.00 bits per heavy atom. The second-order valence-corrected chi connectivity index (χ2v) is 6.85. The molecule has 0 N–H and O–H groups in total. The minimum Gasteiger partial charge on any atom is -0.438 e. The van der Waals surface area contributed by atoms with Crippen molar-refractivity contribution in [1.29, 1.82) is 0 Å². The van der Waals surface area contributed by atoms with Gasteiger partial charge in [0.2, 0.25) is 13.6 Å². The van der Waals surface area contributed by atoms with Gasteiger partial charge in [-0.05, 0) is 26.7 Å². The average molecular weight is 356 g/mol. The van der Waals surface area contributed by atoms with Gasteiger partial charge in [0, 0.05) is 6.92 Å². The normalized spacial score (nSPS) is 14.2. The van der Waals surface area contributed by atoms with E-state index in [2.05, 4.69) is 14.2 Å². The summed E-state index contributed by atoms with van der Waals surface area (Å²) in [6.07, 6.45) is -0.984. The van der Waals surface area contributed by atoms with Crippen LogP contribution < -0.4 is 0 Å². The van der Waals surface area contributed by atoms with Crippen molar-refractivity contribution < 1.29 is 41.9 Å². The Labute approximate surface area is 136 Å². The van der Waals surface area contributed by atoms with E-state index in [4.69, 9.17) is 13.6 Å². The molecule has 9 nitrogen and oxygen atoms in total. The first kappa shape index (κ1) is 21.9. The van der Waals surface area contributed by atoms with Crippen LogP contribution in [0.5, 0.6) is 0 Å². The molecule has 0 saturated carbocycles. The Bertz CT molecular complexity index is 433. The van der Waals surface area contributed by atoms with Crippen molar-refractivity contribution in [2.24, 2.45) is 5.92 Å². The summed E-state index contributed by atoms with van der Waals surface area (Å²) < 4.78 is 41.4. The van der Waals surface area contributed by atoms with Gasteiger partial charge in [0.1, 0.15) is 0 Å². The van der Waals surface area contributed by atoms with E-state index in [1.807, 2.05) is 13.8 Å². The third-order valence-corrected chi connectivity index (χ3v) is 4.40. The van der Waals surface area contributed by atoms with Crippen LogP contribution in [0.15, 0.2) is 0 Å². The van der Waals surface area contributed by atoms with Crippen molar-refractivity contribution in [2.45, 2.75) is 47.1 Å². The van der Waals surface area contributed by atoms with Gasteiger partial charge >= 0.3 is 19.9 Å². The first-order chi connectivity index (χ1) is 10.5. The maximum atomic E-state index is 12.6. The minimum absolute atomic E-state index is 0.0253. The maximum Gasteiger partial charge on any atom is 0.510 e. The highest BCUT2D eigenvalue weighted by molar-refractivity contribution is 7.48. The van der Waals surface area contributed by atoms with E-state index >= 15 is 0 Å². The number of carbonyl (C=O) groups excluding carboxylic acids is 2. The monoisotopic (exact) mass is 356 g/mol. The van der Waals surface area contributed by atoms with Crippen molar-refractivity contribution in [3.8, 4) is 0 Å². The summed E-state index contributed by atoms with van der Waals surface area (Å²) in [7, 11) is -4.14. The lowest BCUT2D eigenvalue weighted by atomic mass is 9.95. The van der Waals surface area contributed by atoms with Gasteiger partial charge in [0.15, 0.2) is 0 Å². The number of esters is 1. The minimum atomic E-state index is -4.14. The Morgan fingerprint density at radius 2 is 1.57 bits per heavy atom. The predicted octanol–water partition coefficient (Wildman–Crippen LogP) is 3.23. The third-order valence-electron chi connectivity index (χ3n) is 2.86. The molecule has 10 heteroatoms. The fourth-order valence-corrected chi connectivity index (χ4v) is 2.29. The molecule has 0 radical (unpaired) electrons. The molecule has 1 atom stereocenters. The zero-order valence-corrected chi connectivity index (χ0v) is 15.2. The number of hydrogen-bond acceptors (Lipinski definition) is 9. The van der Waals surface area contributed by atoms with E-state index in [1.165, 1.54) is 0 Å². The molecule has 136 valence electrons. The summed E-state index contributed by atoms with van der Waals surface area (Å²) in [6.45, 7) is 8.64. The third kappa shape index (κ3) is 9.55. The lowest BCUT2D eigenvalue weighted by Crippen LogP contribution is -2.31. The molecule has 0 rings (SSSR count). The molecule has 0 aromatic carbocycles. The lowest BCUT2D eigenvalue weighted by molar-refractivity contribution is -0.149. The largest absolute Gasteiger partial charge is 0.510 e. The SMILES string of the molecule is CCOC(=O)OCOP(=O)(OCOC(C)=O)OC(C)(C)C(C)C. The van der Waals surface area contributed by atoms with Crippen LogP contribution in [0.2, 0.25) is 0 Å². The molecule has 0 aliphatic carbocycles. The van der Waals surface area contributed by atoms with Crippen LogP contribution in [0.25, 0.3) is 0 Å². The second kappa shape index (κ2) is 9.87. The van der Waals surface area contributed by atoms with Crippen LogP contribution in [0, 0.1) is 5.92 Å². The van der Waals surface area contributed by atoms with Gasteiger partial charge < -0.3 is 14.2 Å². The van der Waals surface area contributed by atoms with Crippen molar-refractivity contribution in [1.82, 2.24) is 0 Å². The zero-order valence-electron chi connectivity index (χ0n) is 14.3. The second-order valence-electron chi connectivity index (χ2n) is 5.25. The fraction of sp³-hybridized carbons (Fsp3) is 0.846. The highest BCUT2D eigenvalue weighted by Gasteiger charge is 2.38. The molecule has 0 fully saturated rings. The number of carbonyl (C=O) groups is 2. The van der Waals surface area contributed by atoms with Crippen molar-refractivity contribution >= 4 is 19.9 Å². The quantitative estimate of drug-likeness (QED) is 0.331. The summed E-state index contributed by atoms with van der Waals surface area (Å²) in [4.78, 5) is 21.8. The molecular weight excluding hydrogens is 331 g/mol. The van der Waals surface area contributed by atoms with E-state index < -0.39 is 39.1 Å². The first-order valence-electron chi connectivity index (χ1n) is 7.05. The van der Waals surface area contributed by atoms with Gasteiger partial charge in [-0.2, -0.15) is 0 Å². The van der Waals surface area contributed by atoms with Gasteiger partial charge in [0.05, 0.1) is 12.2 Å². The Morgan fingerprint density at radius 1 is 1.04 bits per heavy atom. The standard InChI is InChI=1S/C13H25O9P/c1-7-17-12(15)19-9-21-23(16,20-8-18-11(4)14)22-13(5,6)10(2)3/h10H,7-9H2,1-6H3. The number of ether oxygens (including phenoxy) is 3. The van der Waals surface area contributed by atoms with Gasteiger partial charge in [-0.3, -0.25) is 9.32 Å². The van der Waals surface area contributed by atoms with Crippen LogP contribution >= 0.6 is 7.82 Å². The van der Waals surface area contributed by atoms with Gasteiger partial charge in [-0.25, -0.2) is 18.4 Å². The van der Waals surface area contributed by atoms with Crippen LogP contribution in [-0.2, 0) is 37.1 Å². The van der Waals surface area contributed by atoms with Crippen molar-refractivity contribution in [2.75, 3.05) is 20.2 Å². The molecule has 0 aliphatic heterocycles. The Hall–Kier alpha value is -1.15. The number of hydrogen-bond donors (Lipinski definition) is 0. The summed E-state index contributed by atoms with van der Waals surface area (Å²) in [5, 5.41) is 0. The van der Waals surface area contributed by atoms with Gasteiger partial charge in [0.25, 0.3) is 0 Å². The zero-order chi connectivity index (χ0) is 18.1. The average Bonchev–Trinajstić information content (AvgIpc) is 2.37. The van der Waals surface area contributed by atoms with E-state index in [0.29, 0.717) is 0 Å². The molecule has 23 heavy (non-hydrogen) atoms. The Kier molecular flexibility index (Phi) is 9.38. The van der Waals surface area contributed by atoms with Crippen LogP contribution in [0.1, 0.15) is 41.5 Å². The molecule has 0 aliphatic rings. The molecule has 0 amide bonds. The predicted molar refractivity (Wildman–Crippen MR) is 79.4 cm³/mol. The Balaban J connectivity index is 4.75. The van der Waals surface area contributed by atoms with Crippen LogP contribution in [-0.4, -0.2) is 37.9 Å². The molecule has 0 aromatic heterocycles. The smallest absolute Gasteiger partial charge is 0.438 e. The lowest BCUT2D eigenvalue weighted by Gasteiger charge is -2.32. The topological polar surface area (TPSA) is 107 Å². The summed E-state index contributed by atoms with van der Waals surface area (Å²) in [5.41, 5.74) is -0.865. The molecule has 0 spiro atoms. The molecule has 0 heterocycles. The van der Waals surface area contributed by atoms with Crippen molar-refractivity contribution in [3.63, 3.8) is 0 Å². The van der Waals surface area contributed by atoms with E-state index in [9.17, 15) is 14.2 Å². The number of rotatable bonds is 10. The van der Waals surface area contributed by atoms with E-state index in [1.54, 1.807) is 20.8 Å². The molecule has 0 saturated heterocycles. The highest BCUT2D eigenvalue weighted by atomic mass is 31.2. The molecule has 1 unspecified atom stereocenters. The van der Waals surface area contributed by atoms with Gasteiger partial charge in [-0.15, -0.1) is 0 Å². The summed E-state index contributed by atoms with van der Waals surface area (Å²) in [6, 6.07) is 0. The molecule has 0 aromatic rings. The first-order valence-corrected chi connectivity index (χ1v) is 8.51. The molecule has 0 bridgehead atoms. The maximum absolute atomic E-state index is 12.6. The van der Waals surface area contributed by atoms with Crippen LogP contribution in [0.4, 0.5) is 4.79 Å². The summed E-state index contributed by atoms with van der Waals surface area (Å²) >= 11 is 0. The van der Waals surface area contributed by atoms with Gasteiger partial charge in [-0.1, -0.05) is 13.8 Å².